The van der Waals surface area contributed by atoms with Crippen molar-refractivity contribution >= 4 is 6.09 Å². The molecule has 0 aromatic heterocycles. The van der Waals surface area contributed by atoms with Gasteiger partial charge in [-0.1, -0.05) is 31.5 Å². The third-order valence-electron chi connectivity index (χ3n) is 3.24. The van der Waals surface area contributed by atoms with Gasteiger partial charge >= 0.3 is 6.09 Å². The van der Waals surface area contributed by atoms with Gasteiger partial charge in [-0.2, -0.15) is 0 Å². The number of carbonyl (C=O) groups is 1. The molecule has 0 N–H and O–H groups in total. The lowest BCUT2D eigenvalue weighted by Gasteiger charge is -2.26. The molecule has 0 bridgehead atoms. The van der Waals surface area contributed by atoms with Crippen molar-refractivity contribution in [3.05, 3.63) is 29.8 Å². The maximum atomic E-state index is 12.0. The smallest absolute Gasteiger partial charge is 0.410 e. The molecule has 1 aliphatic heterocycles. The molecule has 0 saturated carbocycles. The molecule has 1 saturated heterocycles. The van der Waals surface area contributed by atoms with E-state index in [4.69, 9.17) is 9.47 Å². The van der Waals surface area contributed by atoms with Gasteiger partial charge in [0, 0.05) is 13.1 Å². The van der Waals surface area contributed by atoms with E-state index in [1.807, 2.05) is 24.3 Å². The van der Waals surface area contributed by atoms with Gasteiger partial charge in [-0.3, -0.25) is 0 Å². The van der Waals surface area contributed by atoms with Crippen molar-refractivity contribution in [2.75, 3.05) is 26.3 Å². The van der Waals surface area contributed by atoms with Crippen LogP contribution in [0.3, 0.4) is 0 Å². The number of carbonyl (C=O) groups excluding carboxylic acids is 1. The molecular weight excluding hydrogens is 242 g/mol. The van der Waals surface area contributed by atoms with Crippen molar-refractivity contribution < 1.29 is 14.3 Å². The largest absolute Gasteiger partial charge is 0.415 e. The second-order valence-electron chi connectivity index (χ2n) is 4.68. The minimum atomic E-state index is -0.271. The molecule has 0 spiro atoms. The molecule has 4 heteroatoms. The van der Waals surface area contributed by atoms with Crippen LogP contribution in [0.15, 0.2) is 24.3 Å². The Kier molecular flexibility index (Phi) is 5.21. The van der Waals surface area contributed by atoms with Crippen molar-refractivity contribution in [2.24, 2.45) is 0 Å². The first-order valence-corrected chi connectivity index (χ1v) is 6.93. The van der Waals surface area contributed by atoms with Gasteiger partial charge < -0.3 is 14.4 Å². The Hall–Kier alpha value is -1.55. The minimum absolute atomic E-state index is 0.271. The maximum Gasteiger partial charge on any atom is 0.415 e. The highest BCUT2D eigenvalue weighted by Crippen LogP contribution is 2.21. The normalized spacial score (nSPS) is 15.3. The van der Waals surface area contributed by atoms with E-state index in [9.17, 15) is 4.79 Å². The number of aryl methyl sites for hydroxylation is 1. The molecule has 1 aromatic carbocycles. The molecule has 0 aliphatic carbocycles. The summed E-state index contributed by atoms with van der Waals surface area (Å²) in [5.41, 5.74) is 1.10. The number of hydrogen-bond donors (Lipinski definition) is 0. The summed E-state index contributed by atoms with van der Waals surface area (Å²) in [7, 11) is 0. The number of ether oxygens (including phenoxy) is 2. The first-order valence-electron chi connectivity index (χ1n) is 6.93. The predicted molar refractivity (Wildman–Crippen MR) is 73.5 cm³/mol. The molecule has 19 heavy (non-hydrogen) atoms. The Morgan fingerprint density at radius 2 is 2.05 bits per heavy atom. The Morgan fingerprint density at radius 1 is 1.32 bits per heavy atom. The van der Waals surface area contributed by atoms with Crippen LogP contribution < -0.4 is 4.74 Å². The van der Waals surface area contributed by atoms with Gasteiger partial charge in [-0.15, -0.1) is 0 Å². The van der Waals surface area contributed by atoms with Gasteiger partial charge in [0.25, 0.3) is 0 Å². The van der Waals surface area contributed by atoms with Gasteiger partial charge in [0.05, 0.1) is 13.2 Å². The Labute approximate surface area is 114 Å². The molecule has 1 heterocycles. The van der Waals surface area contributed by atoms with Crippen molar-refractivity contribution in [1.29, 1.82) is 0 Å². The molecule has 0 radical (unpaired) electrons. The Morgan fingerprint density at radius 3 is 2.79 bits per heavy atom. The molecular formula is C15H21NO3. The van der Waals surface area contributed by atoms with E-state index >= 15 is 0 Å². The molecule has 1 aliphatic rings. The third-order valence-corrected chi connectivity index (χ3v) is 3.24. The minimum Gasteiger partial charge on any atom is -0.410 e. The van der Waals surface area contributed by atoms with Gasteiger partial charge in [0.15, 0.2) is 0 Å². The van der Waals surface area contributed by atoms with Crippen LogP contribution in [-0.4, -0.2) is 37.3 Å². The van der Waals surface area contributed by atoms with Crippen LogP contribution in [0.1, 0.15) is 25.3 Å². The number of nitrogens with zero attached hydrogens (tertiary/aromatic N) is 1. The van der Waals surface area contributed by atoms with Gasteiger partial charge in [0.1, 0.15) is 5.75 Å². The molecule has 2 rings (SSSR count). The molecule has 0 unspecified atom stereocenters. The van der Waals surface area contributed by atoms with Crippen LogP contribution >= 0.6 is 0 Å². The average molecular weight is 263 g/mol. The summed E-state index contributed by atoms with van der Waals surface area (Å²) in [4.78, 5) is 13.7. The topological polar surface area (TPSA) is 38.8 Å². The summed E-state index contributed by atoms with van der Waals surface area (Å²) in [6.07, 6.45) is 2.91. The SMILES string of the molecule is CCCCc1ccccc1OC(=O)N1CCOCC1. The van der Waals surface area contributed by atoms with Crippen LogP contribution in [0, 0.1) is 0 Å². The number of morpholine rings is 1. The standard InChI is InChI=1S/C15H21NO3/c1-2-3-6-13-7-4-5-8-14(13)19-15(17)16-9-11-18-12-10-16/h4-5,7-8H,2-3,6,9-12H2,1H3. The molecule has 4 nitrogen and oxygen atoms in total. The third kappa shape index (κ3) is 3.96. The summed E-state index contributed by atoms with van der Waals surface area (Å²) in [6, 6.07) is 7.77. The highest BCUT2D eigenvalue weighted by molar-refractivity contribution is 5.71. The Bertz CT molecular complexity index is 414. The lowest BCUT2D eigenvalue weighted by molar-refractivity contribution is 0.0415. The van der Waals surface area contributed by atoms with Crippen LogP contribution in [0.4, 0.5) is 4.79 Å². The van der Waals surface area contributed by atoms with E-state index in [0.29, 0.717) is 32.1 Å². The van der Waals surface area contributed by atoms with E-state index < -0.39 is 0 Å². The van der Waals surface area contributed by atoms with E-state index in [0.717, 1.165) is 24.8 Å². The summed E-state index contributed by atoms with van der Waals surface area (Å²) in [6.45, 7) is 4.55. The van der Waals surface area contributed by atoms with Crippen LogP contribution in [-0.2, 0) is 11.2 Å². The fourth-order valence-electron chi connectivity index (χ4n) is 2.08. The van der Waals surface area contributed by atoms with Gasteiger partial charge in [-0.25, -0.2) is 4.79 Å². The summed E-state index contributed by atoms with van der Waals surface area (Å²) < 4.78 is 10.7. The second-order valence-corrected chi connectivity index (χ2v) is 4.68. The highest BCUT2D eigenvalue weighted by Gasteiger charge is 2.19. The summed E-state index contributed by atoms with van der Waals surface area (Å²) in [5, 5.41) is 0. The predicted octanol–water partition coefficient (Wildman–Crippen LogP) is 2.86. The van der Waals surface area contributed by atoms with Crippen molar-refractivity contribution in [3.63, 3.8) is 0 Å². The highest BCUT2D eigenvalue weighted by atomic mass is 16.6. The first kappa shape index (κ1) is 13.9. The Balaban J connectivity index is 1.99. The zero-order valence-electron chi connectivity index (χ0n) is 11.4. The zero-order chi connectivity index (χ0) is 13.5. The number of amides is 1. The molecule has 1 aromatic rings. The van der Waals surface area contributed by atoms with Gasteiger partial charge in [-0.05, 0) is 24.5 Å². The van der Waals surface area contributed by atoms with Crippen molar-refractivity contribution in [2.45, 2.75) is 26.2 Å². The number of hydrogen-bond acceptors (Lipinski definition) is 3. The van der Waals surface area contributed by atoms with Gasteiger partial charge in [0.2, 0.25) is 0 Å². The zero-order valence-corrected chi connectivity index (χ0v) is 11.4. The van der Waals surface area contributed by atoms with Crippen LogP contribution in [0.25, 0.3) is 0 Å². The lowest BCUT2D eigenvalue weighted by atomic mass is 10.1. The van der Waals surface area contributed by atoms with E-state index in [2.05, 4.69) is 6.92 Å². The molecule has 0 atom stereocenters. The first-order chi connectivity index (χ1) is 9.31. The average Bonchev–Trinajstić information content (AvgIpc) is 2.47. The summed E-state index contributed by atoms with van der Waals surface area (Å²) in [5.74, 6) is 0.687. The quantitative estimate of drug-likeness (QED) is 0.838. The fourth-order valence-corrected chi connectivity index (χ4v) is 2.08. The number of rotatable bonds is 4. The van der Waals surface area contributed by atoms with Crippen molar-refractivity contribution in [1.82, 2.24) is 4.90 Å². The maximum absolute atomic E-state index is 12.0. The second kappa shape index (κ2) is 7.14. The van der Waals surface area contributed by atoms with E-state index in [1.54, 1.807) is 4.90 Å². The number of benzene rings is 1. The molecule has 104 valence electrons. The van der Waals surface area contributed by atoms with Crippen LogP contribution in [0.5, 0.6) is 5.75 Å². The number of unbranched alkanes of at least 4 members (excludes halogenated alkanes) is 1. The number of para-hydroxylation sites is 1. The van der Waals surface area contributed by atoms with Crippen LogP contribution in [0.2, 0.25) is 0 Å². The molecule has 1 amide bonds. The molecule has 1 fully saturated rings. The monoisotopic (exact) mass is 263 g/mol. The summed E-state index contributed by atoms with van der Waals surface area (Å²) >= 11 is 0. The van der Waals surface area contributed by atoms with E-state index in [1.165, 1.54) is 0 Å². The lowest BCUT2D eigenvalue weighted by Crippen LogP contribution is -2.42. The fraction of sp³-hybridized carbons (Fsp3) is 0.533. The van der Waals surface area contributed by atoms with E-state index in [-0.39, 0.29) is 6.09 Å². The van der Waals surface area contributed by atoms with Crippen molar-refractivity contribution in [3.8, 4) is 5.75 Å².